The fourth-order valence-electron chi connectivity index (χ4n) is 2.24. The highest BCUT2D eigenvalue weighted by molar-refractivity contribution is 7.89. The minimum atomic E-state index is -3.63. The average Bonchev–Trinajstić information content (AvgIpc) is 2.61. The van der Waals surface area contributed by atoms with E-state index in [1.165, 1.54) is 30.3 Å². The molecule has 0 aliphatic carbocycles. The Kier molecular flexibility index (Phi) is 6.66. The smallest absolute Gasteiger partial charge is 0.251 e. The summed E-state index contributed by atoms with van der Waals surface area (Å²) in [5.41, 5.74) is 0.760. The number of sulfonamides is 1. The molecular weight excluding hydrogens is 343 g/mol. The SMILES string of the molecule is CCCNS(=O)(=O)c1cccc(C(=O)NCCc2ccccc2F)c1. The molecule has 2 aromatic rings. The zero-order valence-electron chi connectivity index (χ0n) is 14.0. The molecule has 25 heavy (non-hydrogen) atoms. The van der Waals surface area contributed by atoms with Gasteiger partial charge in [0.1, 0.15) is 5.82 Å². The van der Waals surface area contributed by atoms with E-state index in [1.807, 2.05) is 6.92 Å². The first-order valence-corrected chi connectivity index (χ1v) is 9.53. The van der Waals surface area contributed by atoms with Crippen molar-refractivity contribution < 1.29 is 17.6 Å². The van der Waals surface area contributed by atoms with E-state index in [4.69, 9.17) is 0 Å². The summed E-state index contributed by atoms with van der Waals surface area (Å²) in [5.74, 6) is -0.712. The van der Waals surface area contributed by atoms with Gasteiger partial charge in [0, 0.05) is 18.7 Å². The lowest BCUT2D eigenvalue weighted by molar-refractivity contribution is 0.0954. The number of hydrogen-bond donors (Lipinski definition) is 2. The zero-order chi connectivity index (χ0) is 18.3. The normalized spacial score (nSPS) is 11.3. The van der Waals surface area contributed by atoms with Crippen LogP contribution in [-0.2, 0) is 16.4 Å². The lowest BCUT2D eigenvalue weighted by Crippen LogP contribution is -2.27. The number of halogens is 1. The van der Waals surface area contributed by atoms with Crippen LogP contribution in [0.4, 0.5) is 4.39 Å². The molecule has 0 spiro atoms. The van der Waals surface area contributed by atoms with Crippen molar-refractivity contribution in [3.8, 4) is 0 Å². The molecular formula is C18H21FN2O3S. The Morgan fingerprint density at radius 1 is 1.08 bits per heavy atom. The first kappa shape index (κ1) is 19.1. The topological polar surface area (TPSA) is 75.3 Å². The van der Waals surface area contributed by atoms with Gasteiger partial charge in [0.2, 0.25) is 10.0 Å². The fourth-order valence-corrected chi connectivity index (χ4v) is 3.42. The van der Waals surface area contributed by atoms with Gasteiger partial charge in [0.15, 0.2) is 0 Å². The van der Waals surface area contributed by atoms with Crippen LogP contribution >= 0.6 is 0 Å². The monoisotopic (exact) mass is 364 g/mol. The quantitative estimate of drug-likeness (QED) is 0.756. The van der Waals surface area contributed by atoms with Crippen molar-refractivity contribution in [1.82, 2.24) is 10.0 Å². The van der Waals surface area contributed by atoms with E-state index in [0.717, 1.165) is 0 Å². The fraction of sp³-hybridized carbons (Fsp3) is 0.278. The van der Waals surface area contributed by atoms with Gasteiger partial charge in [-0.25, -0.2) is 17.5 Å². The molecule has 2 rings (SSSR count). The second-order valence-electron chi connectivity index (χ2n) is 5.52. The Labute approximate surface area is 147 Å². The minimum absolute atomic E-state index is 0.0442. The predicted octanol–water partition coefficient (Wildman–Crippen LogP) is 2.49. The first-order chi connectivity index (χ1) is 11.9. The third-order valence-electron chi connectivity index (χ3n) is 3.59. The van der Waals surface area contributed by atoms with Crippen molar-refractivity contribution in [2.45, 2.75) is 24.7 Å². The Morgan fingerprint density at radius 2 is 1.84 bits per heavy atom. The molecule has 0 heterocycles. The van der Waals surface area contributed by atoms with Gasteiger partial charge in [-0.3, -0.25) is 4.79 Å². The van der Waals surface area contributed by atoms with E-state index >= 15 is 0 Å². The highest BCUT2D eigenvalue weighted by Crippen LogP contribution is 2.12. The second kappa shape index (κ2) is 8.73. The third kappa shape index (κ3) is 5.37. The van der Waals surface area contributed by atoms with E-state index in [2.05, 4.69) is 10.0 Å². The maximum atomic E-state index is 13.5. The molecule has 0 saturated heterocycles. The van der Waals surface area contributed by atoms with Gasteiger partial charge < -0.3 is 5.32 Å². The molecule has 0 fully saturated rings. The first-order valence-electron chi connectivity index (χ1n) is 8.05. The van der Waals surface area contributed by atoms with Crippen LogP contribution in [0, 0.1) is 5.82 Å². The van der Waals surface area contributed by atoms with Gasteiger partial charge in [-0.1, -0.05) is 31.2 Å². The highest BCUT2D eigenvalue weighted by atomic mass is 32.2. The van der Waals surface area contributed by atoms with E-state index in [0.29, 0.717) is 24.9 Å². The van der Waals surface area contributed by atoms with Crippen LogP contribution in [0.1, 0.15) is 29.3 Å². The molecule has 0 unspecified atom stereocenters. The number of carbonyl (C=O) groups is 1. The second-order valence-corrected chi connectivity index (χ2v) is 7.29. The molecule has 0 bridgehead atoms. The summed E-state index contributed by atoms with van der Waals surface area (Å²) in [6, 6.07) is 12.2. The van der Waals surface area contributed by atoms with Gasteiger partial charge in [0.25, 0.3) is 5.91 Å². The molecule has 0 aliphatic rings. The molecule has 0 aliphatic heterocycles. The summed E-state index contributed by atoms with van der Waals surface area (Å²) in [7, 11) is -3.63. The Balaban J connectivity index is 2.00. The number of nitrogens with one attached hydrogen (secondary N) is 2. The van der Waals surface area contributed by atoms with Crippen LogP contribution in [0.25, 0.3) is 0 Å². The largest absolute Gasteiger partial charge is 0.352 e. The van der Waals surface area contributed by atoms with Crippen LogP contribution in [0.15, 0.2) is 53.4 Å². The molecule has 7 heteroatoms. The summed E-state index contributed by atoms with van der Waals surface area (Å²) in [4.78, 5) is 12.2. The molecule has 5 nitrogen and oxygen atoms in total. The number of amides is 1. The van der Waals surface area contributed by atoms with Crippen LogP contribution in [0.5, 0.6) is 0 Å². The summed E-state index contributed by atoms with van der Waals surface area (Å²) in [6.45, 7) is 2.45. The Morgan fingerprint density at radius 3 is 2.56 bits per heavy atom. The summed E-state index contributed by atoms with van der Waals surface area (Å²) in [6.07, 6.45) is 1.03. The maximum Gasteiger partial charge on any atom is 0.251 e. The highest BCUT2D eigenvalue weighted by Gasteiger charge is 2.15. The number of hydrogen-bond acceptors (Lipinski definition) is 3. The molecule has 1 amide bonds. The van der Waals surface area contributed by atoms with Crippen molar-refractivity contribution in [3.63, 3.8) is 0 Å². The van der Waals surface area contributed by atoms with E-state index in [-0.39, 0.29) is 22.8 Å². The number of carbonyl (C=O) groups excluding carboxylic acids is 1. The van der Waals surface area contributed by atoms with Gasteiger partial charge in [-0.15, -0.1) is 0 Å². The van der Waals surface area contributed by atoms with E-state index in [9.17, 15) is 17.6 Å². The Bertz CT molecular complexity index is 838. The van der Waals surface area contributed by atoms with Gasteiger partial charge in [0.05, 0.1) is 4.90 Å². The van der Waals surface area contributed by atoms with Crippen LogP contribution < -0.4 is 10.0 Å². The van der Waals surface area contributed by atoms with Crippen molar-refractivity contribution in [2.75, 3.05) is 13.1 Å². The van der Waals surface area contributed by atoms with Gasteiger partial charge in [-0.05, 0) is 42.7 Å². The average molecular weight is 364 g/mol. The van der Waals surface area contributed by atoms with Gasteiger partial charge >= 0.3 is 0 Å². The predicted molar refractivity (Wildman–Crippen MR) is 94.4 cm³/mol. The molecule has 0 aromatic heterocycles. The maximum absolute atomic E-state index is 13.5. The van der Waals surface area contributed by atoms with Gasteiger partial charge in [-0.2, -0.15) is 0 Å². The summed E-state index contributed by atoms with van der Waals surface area (Å²) >= 11 is 0. The number of rotatable bonds is 8. The number of benzene rings is 2. The lowest BCUT2D eigenvalue weighted by atomic mass is 10.1. The molecule has 2 N–H and O–H groups in total. The lowest BCUT2D eigenvalue weighted by Gasteiger charge is -2.09. The summed E-state index contributed by atoms with van der Waals surface area (Å²) < 4.78 is 40.2. The van der Waals surface area contributed by atoms with E-state index < -0.39 is 15.9 Å². The standard InChI is InChI=1S/C18H21FN2O3S/c1-2-11-21-25(23,24)16-8-5-7-15(13-16)18(22)20-12-10-14-6-3-4-9-17(14)19/h3-9,13,21H,2,10-12H2,1H3,(H,20,22). The minimum Gasteiger partial charge on any atom is -0.352 e. The van der Waals surface area contributed by atoms with E-state index in [1.54, 1.807) is 18.2 Å². The molecule has 2 aromatic carbocycles. The summed E-state index contributed by atoms with van der Waals surface area (Å²) in [5, 5.41) is 2.68. The zero-order valence-corrected chi connectivity index (χ0v) is 14.8. The van der Waals surface area contributed by atoms with Crippen LogP contribution in [0.3, 0.4) is 0 Å². The molecule has 134 valence electrons. The van der Waals surface area contributed by atoms with Crippen molar-refractivity contribution in [3.05, 3.63) is 65.5 Å². The third-order valence-corrected chi connectivity index (χ3v) is 5.05. The van der Waals surface area contributed by atoms with Crippen LogP contribution in [0.2, 0.25) is 0 Å². The van der Waals surface area contributed by atoms with Crippen molar-refractivity contribution >= 4 is 15.9 Å². The molecule has 0 atom stereocenters. The van der Waals surface area contributed by atoms with Crippen molar-refractivity contribution in [2.24, 2.45) is 0 Å². The van der Waals surface area contributed by atoms with Crippen LogP contribution in [-0.4, -0.2) is 27.4 Å². The Hall–Kier alpha value is -2.25. The molecule has 0 saturated carbocycles. The molecule has 0 radical (unpaired) electrons. The van der Waals surface area contributed by atoms with Crippen molar-refractivity contribution in [1.29, 1.82) is 0 Å².